The highest BCUT2D eigenvalue weighted by Crippen LogP contribution is 2.19. The summed E-state index contributed by atoms with van der Waals surface area (Å²) in [7, 11) is 1.80. The molecule has 0 saturated heterocycles. The van der Waals surface area contributed by atoms with Crippen LogP contribution in [0.4, 0.5) is 14.9 Å². The number of hydrogen-bond donors (Lipinski definition) is 3. The van der Waals surface area contributed by atoms with Gasteiger partial charge in [-0.15, -0.1) is 0 Å². The van der Waals surface area contributed by atoms with Gasteiger partial charge in [-0.05, 0) is 30.7 Å². The molecule has 2 aromatic heterocycles. The van der Waals surface area contributed by atoms with E-state index >= 15 is 0 Å². The zero-order chi connectivity index (χ0) is 18.0. The van der Waals surface area contributed by atoms with Crippen LogP contribution in [0.1, 0.15) is 17.4 Å². The van der Waals surface area contributed by atoms with E-state index in [9.17, 15) is 14.3 Å². The maximum Gasteiger partial charge on any atom is 0.319 e. The molecule has 2 heterocycles. The Labute approximate surface area is 143 Å². The number of halogens is 1. The van der Waals surface area contributed by atoms with E-state index in [1.54, 1.807) is 23.9 Å². The summed E-state index contributed by atoms with van der Waals surface area (Å²) in [4.78, 5) is 16.3. The largest absolute Gasteiger partial charge is 0.387 e. The summed E-state index contributed by atoms with van der Waals surface area (Å²) >= 11 is 0. The number of carbonyl (C=O) groups is 1. The van der Waals surface area contributed by atoms with Crippen molar-refractivity contribution in [3.63, 3.8) is 0 Å². The molecule has 0 radical (unpaired) electrons. The lowest BCUT2D eigenvalue weighted by Crippen LogP contribution is -2.32. The Hall–Kier alpha value is -3.00. The van der Waals surface area contributed by atoms with Gasteiger partial charge in [-0.2, -0.15) is 5.10 Å². The van der Waals surface area contributed by atoms with Gasteiger partial charge < -0.3 is 15.7 Å². The third-order valence-corrected chi connectivity index (χ3v) is 3.81. The highest BCUT2D eigenvalue weighted by molar-refractivity contribution is 5.92. The molecule has 0 saturated carbocycles. The van der Waals surface area contributed by atoms with Crippen LogP contribution in [0, 0.1) is 12.7 Å². The average Bonchev–Trinajstić information content (AvgIpc) is 2.86. The number of fused-ring (bicyclic) bond motifs is 1. The molecule has 25 heavy (non-hydrogen) atoms. The molecule has 1 aromatic carbocycles. The zero-order valence-electron chi connectivity index (χ0n) is 13.8. The minimum atomic E-state index is -0.998. The van der Waals surface area contributed by atoms with E-state index in [1.165, 1.54) is 24.4 Å². The van der Waals surface area contributed by atoms with E-state index in [0.29, 0.717) is 11.3 Å². The van der Waals surface area contributed by atoms with Crippen LogP contribution in [0.3, 0.4) is 0 Å². The first-order chi connectivity index (χ1) is 11.9. The molecule has 0 aliphatic rings. The number of carbonyl (C=O) groups excluding carboxylic acids is 1. The van der Waals surface area contributed by atoms with Gasteiger partial charge >= 0.3 is 6.03 Å². The van der Waals surface area contributed by atoms with Gasteiger partial charge in [0.25, 0.3) is 0 Å². The Kier molecular flexibility index (Phi) is 4.62. The number of benzene rings is 1. The molecule has 0 fully saturated rings. The van der Waals surface area contributed by atoms with Gasteiger partial charge in [0.2, 0.25) is 0 Å². The lowest BCUT2D eigenvalue weighted by atomic mass is 10.1. The first-order valence-corrected chi connectivity index (χ1v) is 7.72. The Morgan fingerprint density at radius 1 is 1.40 bits per heavy atom. The van der Waals surface area contributed by atoms with E-state index in [0.717, 1.165) is 16.7 Å². The van der Waals surface area contributed by atoms with Crippen molar-refractivity contribution in [3.05, 3.63) is 53.6 Å². The highest BCUT2D eigenvalue weighted by Gasteiger charge is 2.12. The molecule has 1 atom stereocenters. The van der Waals surface area contributed by atoms with Gasteiger partial charge in [0, 0.05) is 19.0 Å². The van der Waals surface area contributed by atoms with Gasteiger partial charge in [0.15, 0.2) is 5.65 Å². The normalized spacial score (nSPS) is 12.2. The van der Waals surface area contributed by atoms with Crippen molar-refractivity contribution in [1.82, 2.24) is 20.1 Å². The monoisotopic (exact) mass is 343 g/mol. The number of urea groups is 1. The second-order valence-electron chi connectivity index (χ2n) is 5.71. The molecule has 0 aliphatic heterocycles. The number of amides is 2. The Morgan fingerprint density at radius 2 is 2.20 bits per heavy atom. The number of nitrogens with one attached hydrogen (secondary N) is 2. The molecule has 130 valence electrons. The summed E-state index contributed by atoms with van der Waals surface area (Å²) in [6.07, 6.45) is 0.536. The number of nitrogens with zero attached hydrogens (tertiary/aromatic N) is 3. The van der Waals surface area contributed by atoms with Crippen LogP contribution in [-0.4, -0.2) is 32.4 Å². The Morgan fingerprint density at radius 3 is 2.96 bits per heavy atom. The predicted octanol–water partition coefficient (Wildman–Crippen LogP) is 2.27. The number of aliphatic hydroxyl groups excluding tert-OH is 1. The predicted molar refractivity (Wildman–Crippen MR) is 91.6 cm³/mol. The van der Waals surface area contributed by atoms with Crippen LogP contribution in [0.5, 0.6) is 0 Å². The van der Waals surface area contributed by atoms with Gasteiger partial charge in [0.05, 0.1) is 23.7 Å². The minimum Gasteiger partial charge on any atom is -0.387 e. The molecule has 7 nitrogen and oxygen atoms in total. The van der Waals surface area contributed by atoms with Gasteiger partial charge in [-0.25, -0.2) is 14.2 Å². The maximum absolute atomic E-state index is 13.2. The average molecular weight is 343 g/mol. The van der Waals surface area contributed by atoms with Crippen LogP contribution < -0.4 is 10.6 Å². The summed E-state index contributed by atoms with van der Waals surface area (Å²) in [5.41, 5.74) is 2.45. The summed E-state index contributed by atoms with van der Waals surface area (Å²) in [5, 5.41) is 20.3. The number of aliphatic hydroxyl groups is 1. The first kappa shape index (κ1) is 16.8. The fourth-order valence-corrected chi connectivity index (χ4v) is 2.57. The number of anilines is 1. The summed E-state index contributed by atoms with van der Waals surface area (Å²) in [6, 6.07) is 6.92. The molecule has 0 aliphatic carbocycles. The number of aromatic nitrogens is 3. The van der Waals surface area contributed by atoms with Crippen LogP contribution in [0.15, 0.2) is 36.5 Å². The zero-order valence-corrected chi connectivity index (χ0v) is 13.8. The summed E-state index contributed by atoms with van der Waals surface area (Å²) < 4.78 is 14.8. The van der Waals surface area contributed by atoms with Crippen LogP contribution in [-0.2, 0) is 7.05 Å². The van der Waals surface area contributed by atoms with Crippen molar-refractivity contribution in [2.24, 2.45) is 7.05 Å². The Balaban J connectivity index is 1.62. The molecule has 3 N–H and O–H groups in total. The summed E-state index contributed by atoms with van der Waals surface area (Å²) in [5.74, 6) is -0.438. The molecular formula is C17H18FN5O2. The third-order valence-electron chi connectivity index (χ3n) is 3.81. The van der Waals surface area contributed by atoms with Crippen molar-refractivity contribution in [3.8, 4) is 0 Å². The first-order valence-electron chi connectivity index (χ1n) is 7.72. The highest BCUT2D eigenvalue weighted by atomic mass is 19.1. The number of aryl methyl sites for hydroxylation is 2. The van der Waals surface area contributed by atoms with Gasteiger partial charge in [0.1, 0.15) is 5.82 Å². The van der Waals surface area contributed by atoms with Gasteiger partial charge in [-0.3, -0.25) is 4.68 Å². The van der Waals surface area contributed by atoms with E-state index in [-0.39, 0.29) is 6.54 Å². The minimum absolute atomic E-state index is 0.0448. The topological polar surface area (TPSA) is 92.1 Å². The van der Waals surface area contributed by atoms with Crippen LogP contribution in [0.25, 0.3) is 11.0 Å². The van der Waals surface area contributed by atoms with Crippen molar-refractivity contribution in [1.29, 1.82) is 0 Å². The van der Waals surface area contributed by atoms with E-state index < -0.39 is 18.0 Å². The molecule has 2 amide bonds. The SMILES string of the molecule is Cc1nn(C)c2ncc(NC(=O)NCC(O)c3cccc(F)c3)cc12. The Bertz CT molecular complexity index is 925. The maximum atomic E-state index is 13.2. The summed E-state index contributed by atoms with van der Waals surface area (Å²) in [6.45, 7) is 1.82. The van der Waals surface area contributed by atoms with Crippen LogP contribution in [0.2, 0.25) is 0 Å². The molecule has 3 rings (SSSR count). The lowest BCUT2D eigenvalue weighted by Gasteiger charge is -2.13. The number of hydrogen-bond acceptors (Lipinski definition) is 4. The number of rotatable bonds is 4. The standard InChI is InChI=1S/C17H18FN5O2/c1-10-14-7-13(8-19-16(14)23(2)22-10)21-17(25)20-9-15(24)11-4-3-5-12(18)6-11/h3-8,15,24H,9H2,1-2H3,(H2,20,21,25). The molecule has 8 heteroatoms. The molecule has 3 aromatic rings. The molecule has 0 spiro atoms. The van der Waals surface area contributed by atoms with Crippen molar-refractivity contribution in [2.75, 3.05) is 11.9 Å². The lowest BCUT2D eigenvalue weighted by molar-refractivity contribution is 0.174. The van der Waals surface area contributed by atoms with Gasteiger partial charge in [-0.1, -0.05) is 12.1 Å². The fraction of sp³-hybridized carbons (Fsp3) is 0.235. The second-order valence-corrected chi connectivity index (χ2v) is 5.71. The van der Waals surface area contributed by atoms with Crippen molar-refractivity contribution >= 4 is 22.8 Å². The van der Waals surface area contributed by atoms with E-state index in [1.807, 2.05) is 6.92 Å². The van der Waals surface area contributed by atoms with Crippen molar-refractivity contribution in [2.45, 2.75) is 13.0 Å². The van der Waals surface area contributed by atoms with E-state index in [2.05, 4.69) is 20.7 Å². The van der Waals surface area contributed by atoms with Crippen molar-refractivity contribution < 1.29 is 14.3 Å². The molecule has 0 bridgehead atoms. The fourth-order valence-electron chi connectivity index (χ4n) is 2.57. The molecule has 1 unspecified atom stereocenters. The van der Waals surface area contributed by atoms with E-state index in [4.69, 9.17) is 0 Å². The second kappa shape index (κ2) is 6.86. The quantitative estimate of drug-likeness (QED) is 0.678. The smallest absolute Gasteiger partial charge is 0.319 e. The third kappa shape index (κ3) is 3.74. The molecular weight excluding hydrogens is 325 g/mol. The number of pyridine rings is 1. The van der Waals surface area contributed by atoms with Crippen LogP contribution >= 0.6 is 0 Å².